The van der Waals surface area contributed by atoms with Gasteiger partial charge in [-0.2, -0.15) is 0 Å². The molecule has 4 heteroatoms. The van der Waals surface area contributed by atoms with Gasteiger partial charge >= 0.3 is 0 Å². The number of pyridine rings is 2. The number of hydrogen-bond acceptors (Lipinski definition) is 4. The molecule has 0 aliphatic carbocycles. The van der Waals surface area contributed by atoms with Gasteiger partial charge in [0, 0.05) is 12.4 Å². The van der Waals surface area contributed by atoms with Crippen LogP contribution in [0.4, 0.5) is 5.82 Å². The van der Waals surface area contributed by atoms with Crippen LogP contribution in [-0.2, 0) is 0 Å². The second-order valence-corrected chi connectivity index (χ2v) is 3.99. The van der Waals surface area contributed by atoms with E-state index in [2.05, 4.69) is 9.97 Å². The molecule has 2 N–H and O–H groups in total. The Hall–Kier alpha value is -2.23. The lowest BCUT2D eigenvalue weighted by molar-refractivity contribution is 0.103. The molecule has 4 nitrogen and oxygen atoms in total. The number of carbonyl (C=O) groups excluding carboxylic acids is 1. The Morgan fingerprint density at radius 2 is 1.94 bits per heavy atom. The Labute approximate surface area is 99.5 Å². The van der Waals surface area contributed by atoms with Gasteiger partial charge in [-0.3, -0.25) is 9.78 Å². The van der Waals surface area contributed by atoms with Crippen molar-refractivity contribution < 1.29 is 4.79 Å². The zero-order chi connectivity index (χ0) is 12.4. The lowest BCUT2D eigenvalue weighted by Gasteiger charge is -2.05. The number of nitrogens with two attached hydrogens (primary N) is 1. The third kappa shape index (κ3) is 2.30. The first-order valence-corrected chi connectivity index (χ1v) is 5.27. The molecule has 2 aromatic rings. The number of aromatic nitrogens is 2. The normalized spacial score (nSPS) is 10.2. The first-order chi connectivity index (χ1) is 8.08. The molecule has 0 bridgehead atoms. The number of hydrogen-bond donors (Lipinski definition) is 1. The zero-order valence-corrected chi connectivity index (χ0v) is 9.77. The molecule has 0 aliphatic heterocycles. The number of nitrogen functional groups attached to an aromatic ring is 1. The highest BCUT2D eigenvalue weighted by Gasteiger charge is 2.14. The van der Waals surface area contributed by atoms with E-state index < -0.39 is 0 Å². The van der Waals surface area contributed by atoms with E-state index in [1.165, 1.54) is 0 Å². The Balaban J connectivity index is 2.47. The van der Waals surface area contributed by atoms with E-state index >= 15 is 0 Å². The molecular formula is C13H13N3O. The Morgan fingerprint density at radius 3 is 2.65 bits per heavy atom. The summed E-state index contributed by atoms with van der Waals surface area (Å²) in [7, 11) is 0. The fourth-order valence-electron chi connectivity index (χ4n) is 1.56. The SMILES string of the molecule is Cc1ccnc(C(=O)c2cc(C)cnc2N)c1. The summed E-state index contributed by atoms with van der Waals surface area (Å²) in [6, 6.07) is 5.31. The van der Waals surface area contributed by atoms with Crippen LogP contribution in [-0.4, -0.2) is 15.8 Å². The standard InChI is InChI=1S/C13H13N3O/c1-8-3-4-15-11(6-8)12(17)10-5-9(2)7-16-13(10)14/h3-7H,1-2H3,(H2,14,16). The predicted molar refractivity (Wildman–Crippen MR) is 65.8 cm³/mol. The minimum atomic E-state index is -0.192. The number of anilines is 1. The van der Waals surface area contributed by atoms with Crippen LogP contribution in [0.2, 0.25) is 0 Å². The van der Waals surface area contributed by atoms with Gasteiger partial charge in [0.25, 0.3) is 0 Å². The topological polar surface area (TPSA) is 68.9 Å². The molecular weight excluding hydrogens is 214 g/mol. The lowest BCUT2D eigenvalue weighted by atomic mass is 10.1. The van der Waals surface area contributed by atoms with E-state index in [4.69, 9.17) is 5.73 Å². The van der Waals surface area contributed by atoms with Gasteiger partial charge in [0.15, 0.2) is 0 Å². The van der Waals surface area contributed by atoms with E-state index in [0.717, 1.165) is 11.1 Å². The largest absolute Gasteiger partial charge is 0.383 e. The van der Waals surface area contributed by atoms with Crippen LogP contribution in [0.25, 0.3) is 0 Å². The molecule has 0 unspecified atom stereocenters. The zero-order valence-electron chi connectivity index (χ0n) is 9.77. The molecule has 0 amide bonds. The molecule has 2 rings (SSSR count). The molecule has 86 valence electrons. The van der Waals surface area contributed by atoms with Gasteiger partial charge in [-0.15, -0.1) is 0 Å². The molecule has 2 heterocycles. The first-order valence-electron chi connectivity index (χ1n) is 5.27. The highest BCUT2D eigenvalue weighted by molar-refractivity contribution is 6.10. The van der Waals surface area contributed by atoms with Crippen molar-refractivity contribution in [3.63, 3.8) is 0 Å². The van der Waals surface area contributed by atoms with Crippen LogP contribution >= 0.6 is 0 Å². The minimum absolute atomic E-state index is 0.192. The molecule has 0 spiro atoms. The lowest BCUT2D eigenvalue weighted by Crippen LogP contribution is -2.09. The summed E-state index contributed by atoms with van der Waals surface area (Å²) in [6.45, 7) is 3.78. The van der Waals surface area contributed by atoms with Crippen LogP contribution in [0.15, 0.2) is 30.6 Å². The van der Waals surface area contributed by atoms with Crippen molar-refractivity contribution in [2.75, 3.05) is 5.73 Å². The molecule has 2 aromatic heterocycles. The van der Waals surface area contributed by atoms with Gasteiger partial charge in [0.05, 0.1) is 5.56 Å². The minimum Gasteiger partial charge on any atom is -0.383 e. The first kappa shape index (κ1) is 11.3. The molecule has 0 aromatic carbocycles. The molecule has 0 atom stereocenters. The number of aryl methyl sites for hydroxylation is 2. The van der Waals surface area contributed by atoms with Crippen molar-refractivity contribution in [2.45, 2.75) is 13.8 Å². The van der Waals surface area contributed by atoms with Crippen LogP contribution < -0.4 is 5.73 Å². The van der Waals surface area contributed by atoms with Crippen LogP contribution in [0.3, 0.4) is 0 Å². The molecule has 0 saturated heterocycles. The fourth-order valence-corrected chi connectivity index (χ4v) is 1.56. The smallest absolute Gasteiger partial charge is 0.215 e. The number of carbonyl (C=O) groups is 1. The maximum atomic E-state index is 12.2. The van der Waals surface area contributed by atoms with E-state index in [9.17, 15) is 4.79 Å². The van der Waals surface area contributed by atoms with Crippen molar-refractivity contribution in [1.29, 1.82) is 0 Å². The van der Waals surface area contributed by atoms with Crippen LogP contribution in [0, 0.1) is 13.8 Å². The molecule has 0 fully saturated rings. The van der Waals surface area contributed by atoms with E-state index in [0.29, 0.717) is 11.3 Å². The van der Waals surface area contributed by atoms with Crippen LogP contribution in [0.1, 0.15) is 27.2 Å². The maximum Gasteiger partial charge on any atom is 0.215 e. The average molecular weight is 227 g/mol. The van der Waals surface area contributed by atoms with E-state index in [1.54, 1.807) is 24.5 Å². The summed E-state index contributed by atoms with van der Waals surface area (Å²) in [5.41, 5.74) is 8.39. The fraction of sp³-hybridized carbons (Fsp3) is 0.154. The Morgan fingerprint density at radius 1 is 1.18 bits per heavy atom. The van der Waals surface area contributed by atoms with E-state index in [1.807, 2.05) is 19.9 Å². The number of nitrogens with zero attached hydrogens (tertiary/aromatic N) is 2. The van der Waals surface area contributed by atoms with E-state index in [-0.39, 0.29) is 11.6 Å². The maximum absolute atomic E-state index is 12.2. The average Bonchev–Trinajstić information content (AvgIpc) is 2.31. The second-order valence-electron chi connectivity index (χ2n) is 3.99. The molecule has 0 aliphatic rings. The van der Waals surface area contributed by atoms with Gasteiger partial charge in [0.2, 0.25) is 5.78 Å². The van der Waals surface area contributed by atoms with Gasteiger partial charge < -0.3 is 5.73 Å². The van der Waals surface area contributed by atoms with Crippen molar-refractivity contribution in [2.24, 2.45) is 0 Å². The van der Waals surface area contributed by atoms with Crippen LogP contribution in [0.5, 0.6) is 0 Å². The third-order valence-electron chi connectivity index (χ3n) is 2.45. The monoisotopic (exact) mass is 227 g/mol. The highest BCUT2D eigenvalue weighted by Crippen LogP contribution is 2.15. The second kappa shape index (κ2) is 4.33. The molecule has 0 saturated carbocycles. The number of rotatable bonds is 2. The summed E-state index contributed by atoms with van der Waals surface area (Å²) in [6.07, 6.45) is 3.25. The predicted octanol–water partition coefficient (Wildman–Crippen LogP) is 1.91. The van der Waals surface area contributed by atoms with Crippen molar-refractivity contribution >= 4 is 11.6 Å². The van der Waals surface area contributed by atoms with Gasteiger partial charge in [-0.1, -0.05) is 0 Å². The molecule has 17 heavy (non-hydrogen) atoms. The summed E-state index contributed by atoms with van der Waals surface area (Å²) >= 11 is 0. The highest BCUT2D eigenvalue weighted by atomic mass is 16.1. The Bertz CT molecular complexity index is 579. The van der Waals surface area contributed by atoms with Crippen molar-refractivity contribution in [3.8, 4) is 0 Å². The summed E-state index contributed by atoms with van der Waals surface area (Å²) in [5.74, 6) is 0.0475. The van der Waals surface area contributed by atoms with Gasteiger partial charge in [-0.25, -0.2) is 4.98 Å². The third-order valence-corrected chi connectivity index (χ3v) is 2.45. The van der Waals surface area contributed by atoms with Crippen molar-refractivity contribution in [1.82, 2.24) is 9.97 Å². The van der Waals surface area contributed by atoms with Gasteiger partial charge in [0.1, 0.15) is 11.5 Å². The van der Waals surface area contributed by atoms with Gasteiger partial charge in [-0.05, 0) is 43.2 Å². The Kier molecular flexibility index (Phi) is 2.87. The van der Waals surface area contributed by atoms with Crippen molar-refractivity contribution in [3.05, 3.63) is 53.0 Å². The summed E-state index contributed by atoms with van der Waals surface area (Å²) in [4.78, 5) is 20.2. The molecule has 0 radical (unpaired) electrons. The summed E-state index contributed by atoms with van der Waals surface area (Å²) < 4.78 is 0. The quantitative estimate of drug-likeness (QED) is 0.795. The summed E-state index contributed by atoms with van der Waals surface area (Å²) in [5, 5.41) is 0. The number of ketones is 1.